The first kappa shape index (κ1) is 24.4. The molecule has 8 nitrogen and oxygen atoms in total. The van der Waals surface area contributed by atoms with Gasteiger partial charge in [-0.15, -0.1) is 5.10 Å². The van der Waals surface area contributed by atoms with Gasteiger partial charge in [-0.05, 0) is 44.1 Å². The highest BCUT2D eigenvalue weighted by atomic mass is 32.2. The Bertz CT molecular complexity index is 721. The van der Waals surface area contributed by atoms with Crippen LogP contribution in [0.4, 0.5) is 0 Å². The van der Waals surface area contributed by atoms with E-state index in [9.17, 15) is 14.4 Å². The fraction of sp³-hybridized carbons (Fsp3) is 0.714. The monoisotopic (exact) mass is 438 g/mol. The number of rotatable bonds is 6. The standard InChI is InChI=1S/C21H34N4O4S/c1-20(2,3)10-7-15(26)22-16(14-8-11-29-12-9-14)17(27)18(28)23-24-19-25(6)21(4,5)13-30-19/h7,10,14,16H,8-9,11-13H2,1-6H3,(H,22,26)(H,23,28)/b10-7+,24-19?. The quantitative estimate of drug-likeness (QED) is 0.373. The van der Waals surface area contributed by atoms with Crippen molar-refractivity contribution in [3.63, 3.8) is 0 Å². The average molecular weight is 439 g/mol. The zero-order valence-corrected chi connectivity index (χ0v) is 19.6. The fourth-order valence-electron chi connectivity index (χ4n) is 3.07. The van der Waals surface area contributed by atoms with Crippen molar-refractivity contribution in [1.82, 2.24) is 15.6 Å². The Labute approximate surface area is 183 Å². The van der Waals surface area contributed by atoms with Crippen LogP contribution < -0.4 is 10.7 Å². The van der Waals surface area contributed by atoms with Crippen molar-refractivity contribution in [3.8, 4) is 0 Å². The minimum absolute atomic E-state index is 0.0732. The number of hydrogen-bond donors (Lipinski definition) is 2. The molecule has 0 aromatic rings. The van der Waals surface area contributed by atoms with Crippen LogP contribution in [-0.2, 0) is 19.1 Å². The smallest absolute Gasteiger partial charge is 0.309 e. The summed E-state index contributed by atoms with van der Waals surface area (Å²) in [6, 6.07) is -0.906. The van der Waals surface area contributed by atoms with Crippen molar-refractivity contribution < 1.29 is 19.1 Å². The lowest BCUT2D eigenvalue weighted by atomic mass is 9.88. The number of ether oxygens (including phenoxy) is 1. The minimum Gasteiger partial charge on any atom is -0.381 e. The van der Waals surface area contributed by atoms with Gasteiger partial charge in [-0.2, -0.15) is 0 Å². The highest BCUT2D eigenvalue weighted by Crippen LogP contribution is 2.30. The van der Waals surface area contributed by atoms with Gasteiger partial charge in [-0.1, -0.05) is 38.6 Å². The van der Waals surface area contributed by atoms with Gasteiger partial charge in [0, 0.05) is 31.6 Å². The van der Waals surface area contributed by atoms with Gasteiger partial charge >= 0.3 is 5.91 Å². The molecule has 0 aromatic carbocycles. The van der Waals surface area contributed by atoms with Crippen LogP contribution in [0.5, 0.6) is 0 Å². The molecule has 2 aliphatic rings. The van der Waals surface area contributed by atoms with Crippen LogP contribution in [-0.4, -0.2) is 65.3 Å². The molecule has 0 spiro atoms. The number of carbonyl (C=O) groups excluding carboxylic acids is 3. The largest absolute Gasteiger partial charge is 0.381 e. The summed E-state index contributed by atoms with van der Waals surface area (Å²) in [6.45, 7) is 11.1. The summed E-state index contributed by atoms with van der Waals surface area (Å²) >= 11 is 1.52. The summed E-state index contributed by atoms with van der Waals surface area (Å²) in [5.74, 6) is -1.21. The van der Waals surface area contributed by atoms with E-state index in [0.29, 0.717) is 31.2 Å². The maximum atomic E-state index is 12.9. The first-order valence-electron chi connectivity index (χ1n) is 10.3. The van der Waals surface area contributed by atoms with Crippen LogP contribution in [0.2, 0.25) is 0 Å². The van der Waals surface area contributed by atoms with Crippen molar-refractivity contribution in [2.75, 3.05) is 26.0 Å². The Morgan fingerprint density at radius 3 is 2.43 bits per heavy atom. The third kappa shape index (κ3) is 6.84. The molecule has 0 radical (unpaired) electrons. The number of ketones is 1. The second-order valence-corrected chi connectivity index (χ2v) is 10.4. The molecular formula is C21H34N4O4S. The topological polar surface area (TPSA) is 100 Å². The first-order chi connectivity index (χ1) is 13.9. The summed E-state index contributed by atoms with van der Waals surface area (Å²) in [5.41, 5.74) is 2.14. The summed E-state index contributed by atoms with van der Waals surface area (Å²) < 4.78 is 5.36. The SMILES string of the molecule is CN1C(=NNC(=O)C(=O)C(NC(=O)/C=C/C(C)(C)C)C2CCOCC2)SCC1(C)C. The van der Waals surface area contributed by atoms with Gasteiger partial charge in [0.2, 0.25) is 11.7 Å². The first-order valence-corrected chi connectivity index (χ1v) is 11.3. The van der Waals surface area contributed by atoms with Crippen LogP contribution in [0.3, 0.4) is 0 Å². The normalized spacial score (nSPS) is 22.3. The summed E-state index contributed by atoms with van der Waals surface area (Å²) in [5, 5.41) is 7.52. The van der Waals surface area contributed by atoms with E-state index in [1.807, 2.05) is 32.7 Å². The Hall–Kier alpha value is -1.87. The van der Waals surface area contributed by atoms with E-state index in [2.05, 4.69) is 29.7 Å². The van der Waals surface area contributed by atoms with E-state index >= 15 is 0 Å². The molecular weight excluding hydrogens is 404 g/mol. The maximum absolute atomic E-state index is 12.9. The molecule has 2 heterocycles. The number of nitrogens with one attached hydrogen (secondary N) is 2. The maximum Gasteiger partial charge on any atom is 0.309 e. The van der Waals surface area contributed by atoms with Crippen LogP contribution in [0, 0.1) is 11.3 Å². The predicted octanol–water partition coefficient (Wildman–Crippen LogP) is 1.91. The third-order valence-electron chi connectivity index (χ3n) is 5.28. The van der Waals surface area contributed by atoms with Crippen molar-refractivity contribution in [3.05, 3.63) is 12.2 Å². The Morgan fingerprint density at radius 2 is 1.90 bits per heavy atom. The second kappa shape index (κ2) is 9.96. The number of nitrogens with zero attached hydrogens (tertiary/aromatic N) is 2. The molecule has 0 aromatic heterocycles. The average Bonchev–Trinajstić information content (AvgIpc) is 2.94. The molecule has 0 bridgehead atoms. The van der Waals surface area contributed by atoms with Gasteiger partial charge in [0.25, 0.3) is 0 Å². The van der Waals surface area contributed by atoms with Gasteiger partial charge in [0.1, 0.15) is 6.04 Å². The second-order valence-electron chi connectivity index (χ2n) is 9.50. The number of amides is 2. The molecule has 2 aliphatic heterocycles. The Balaban J connectivity index is 2.09. The fourth-order valence-corrected chi connectivity index (χ4v) is 4.30. The van der Waals surface area contributed by atoms with E-state index in [1.165, 1.54) is 17.8 Å². The molecule has 168 valence electrons. The zero-order valence-electron chi connectivity index (χ0n) is 18.8. The highest BCUT2D eigenvalue weighted by molar-refractivity contribution is 8.14. The summed E-state index contributed by atoms with van der Waals surface area (Å²) in [6.07, 6.45) is 4.40. The molecule has 0 aliphatic carbocycles. The van der Waals surface area contributed by atoms with Crippen molar-refractivity contribution in [2.24, 2.45) is 16.4 Å². The molecule has 30 heavy (non-hydrogen) atoms. The lowest BCUT2D eigenvalue weighted by Crippen LogP contribution is -2.51. The predicted molar refractivity (Wildman–Crippen MR) is 119 cm³/mol. The number of Topliss-reactive ketones (excluding diaryl/α,β-unsaturated/α-hetero) is 1. The van der Waals surface area contributed by atoms with Gasteiger partial charge in [0.05, 0.1) is 0 Å². The summed E-state index contributed by atoms with van der Waals surface area (Å²) in [7, 11) is 1.90. The van der Waals surface area contributed by atoms with E-state index < -0.39 is 17.7 Å². The Morgan fingerprint density at radius 1 is 1.27 bits per heavy atom. The summed E-state index contributed by atoms with van der Waals surface area (Å²) in [4.78, 5) is 39.8. The third-order valence-corrected chi connectivity index (χ3v) is 6.75. The molecule has 2 rings (SSSR count). The molecule has 2 saturated heterocycles. The molecule has 0 saturated carbocycles. The van der Waals surface area contributed by atoms with Crippen LogP contribution in [0.15, 0.2) is 17.3 Å². The number of amidine groups is 1. The van der Waals surface area contributed by atoms with E-state index in [-0.39, 0.29) is 22.8 Å². The molecule has 1 atom stereocenters. The van der Waals surface area contributed by atoms with Gasteiger partial charge in [-0.25, -0.2) is 5.43 Å². The molecule has 2 N–H and O–H groups in total. The lowest BCUT2D eigenvalue weighted by Gasteiger charge is -2.29. The van der Waals surface area contributed by atoms with E-state index in [0.717, 1.165) is 5.75 Å². The molecule has 1 unspecified atom stereocenters. The molecule has 2 amide bonds. The van der Waals surface area contributed by atoms with Gasteiger partial charge < -0.3 is 15.0 Å². The number of hydrogen-bond acceptors (Lipinski definition) is 6. The van der Waals surface area contributed by atoms with Gasteiger partial charge in [0.15, 0.2) is 5.17 Å². The number of allylic oxidation sites excluding steroid dienone is 1. The molecule has 9 heteroatoms. The van der Waals surface area contributed by atoms with Crippen LogP contribution in [0.25, 0.3) is 0 Å². The van der Waals surface area contributed by atoms with Crippen molar-refractivity contribution >= 4 is 34.5 Å². The lowest BCUT2D eigenvalue weighted by molar-refractivity contribution is -0.141. The number of hydrazone groups is 1. The van der Waals surface area contributed by atoms with Crippen LogP contribution >= 0.6 is 11.8 Å². The highest BCUT2D eigenvalue weighted by Gasteiger charge is 2.36. The zero-order chi connectivity index (χ0) is 22.5. The van der Waals surface area contributed by atoms with Crippen LogP contribution in [0.1, 0.15) is 47.5 Å². The number of thioether (sulfide) groups is 1. The molecule has 2 fully saturated rings. The Kier molecular flexibility index (Phi) is 8.10. The number of carbonyl (C=O) groups is 3. The van der Waals surface area contributed by atoms with E-state index in [1.54, 1.807) is 6.08 Å². The van der Waals surface area contributed by atoms with Crippen molar-refractivity contribution in [1.29, 1.82) is 0 Å². The van der Waals surface area contributed by atoms with Gasteiger partial charge in [-0.3, -0.25) is 14.4 Å². The van der Waals surface area contributed by atoms with Crippen molar-refractivity contribution in [2.45, 2.75) is 59.0 Å². The van der Waals surface area contributed by atoms with E-state index in [4.69, 9.17) is 4.74 Å². The minimum atomic E-state index is -0.906.